The minimum absolute atomic E-state index is 0.279. The molecule has 0 aliphatic carbocycles. The van der Waals surface area contributed by atoms with Crippen molar-refractivity contribution in [1.29, 1.82) is 0 Å². The first-order chi connectivity index (χ1) is 13.8. The van der Waals surface area contributed by atoms with Gasteiger partial charge in [0.05, 0.1) is 0 Å². The molecule has 1 saturated heterocycles. The van der Waals surface area contributed by atoms with E-state index >= 15 is 0 Å². The second-order valence-electron chi connectivity index (χ2n) is 7.93. The number of amides is 4. The molecule has 6 nitrogen and oxygen atoms in total. The van der Waals surface area contributed by atoms with E-state index in [1.807, 2.05) is 76.2 Å². The van der Waals surface area contributed by atoms with Gasteiger partial charge in [-0.25, -0.2) is 4.79 Å². The maximum absolute atomic E-state index is 13.6. The van der Waals surface area contributed by atoms with Crippen molar-refractivity contribution in [3.63, 3.8) is 0 Å². The molecule has 0 aromatic heterocycles. The van der Waals surface area contributed by atoms with Crippen LogP contribution in [0.15, 0.2) is 48.5 Å². The highest BCUT2D eigenvalue weighted by Gasteiger charge is 2.54. The third-order valence-electron chi connectivity index (χ3n) is 5.26. The number of carbonyl (C=O) groups excluding carboxylic acids is 3. The largest absolute Gasteiger partial charge is 0.354 e. The summed E-state index contributed by atoms with van der Waals surface area (Å²) >= 11 is 0. The summed E-state index contributed by atoms with van der Waals surface area (Å²) in [7, 11) is 0. The van der Waals surface area contributed by atoms with Crippen molar-refractivity contribution >= 4 is 17.8 Å². The number of hydrogen-bond acceptors (Lipinski definition) is 3. The first-order valence-electron chi connectivity index (χ1n) is 9.79. The zero-order chi connectivity index (χ0) is 21.2. The highest BCUT2D eigenvalue weighted by molar-refractivity contribution is 6.11. The summed E-state index contributed by atoms with van der Waals surface area (Å²) in [5.41, 5.74) is 2.10. The Morgan fingerprint density at radius 3 is 2.34 bits per heavy atom. The van der Waals surface area contributed by atoms with Crippen molar-refractivity contribution in [2.45, 2.75) is 33.2 Å². The first kappa shape index (κ1) is 20.6. The number of rotatable bonds is 6. The molecule has 1 fully saturated rings. The second-order valence-corrected chi connectivity index (χ2v) is 7.93. The lowest BCUT2D eigenvalue weighted by atomic mass is 9.81. The van der Waals surface area contributed by atoms with Gasteiger partial charge in [0.25, 0.3) is 5.91 Å². The zero-order valence-corrected chi connectivity index (χ0v) is 17.3. The lowest BCUT2D eigenvalue weighted by molar-refractivity contribution is -0.134. The number of hydrogen-bond donors (Lipinski definition) is 2. The number of urea groups is 1. The Bertz CT molecular complexity index is 940. The van der Waals surface area contributed by atoms with Crippen molar-refractivity contribution in [1.82, 2.24) is 15.5 Å². The van der Waals surface area contributed by atoms with E-state index in [1.165, 1.54) is 0 Å². The molecule has 29 heavy (non-hydrogen) atoms. The molecule has 6 heteroatoms. The minimum atomic E-state index is -1.35. The van der Waals surface area contributed by atoms with Gasteiger partial charge >= 0.3 is 6.03 Å². The Morgan fingerprint density at radius 2 is 1.72 bits per heavy atom. The van der Waals surface area contributed by atoms with Gasteiger partial charge in [0.2, 0.25) is 5.91 Å². The summed E-state index contributed by atoms with van der Waals surface area (Å²) in [6, 6.07) is 14.3. The van der Waals surface area contributed by atoms with Gasteiger partial charge in [-0.3, -0.25) is 14.5 Å². The quantitative estimate of drug-likeness (QED) is 0.741. The van der Waals surface area contributed by atoms with Gasteiger partial charge in [-0.2, -0.15) is 0 Å². The van der Waals surface area contributed by atoms with E-state index < -0.39 is 17.5 Å². The fraction of sp³-hybridized carbons (Fsp3) is 0.348. The normalized spacial score (nSPS) is 18.9. The van der Waals surface area contributed by atoms with Gasteiger partial charge in [0, 0.05) is 6.54 Å². The SMILES string of the molecule is Cc1ccc([C@]2(c3ccccc3)NC(=O)N(CC(=O)NCC(C)C)C2=O)cc1C. The van der Waals surface area contributed by atoms with E-state index in [2.05, 4.69) is 10.6 Å². The predicted molar refractivity (Wildman–Crippen MR) is 111 cm³/mol. The van der Waals surface area contributed by atoms with Crippen LogP contribution in [-0.2, 0) is 15.1 Å². The van der Waals surface area contributed by atoms with Gasteiger partial charge in [-0.1, -0.05) is 62.4 Å². The molecule has 0 saturated carbocycles. The van der Waals surface area contributed by atoms with Gasteiger partial charge < -0.3 is 10.6 Å². The Balaban J connectivity index is 2.01. The van der Waals surface area contributed by atoms with Crippen LogP contribution in [0, 0.1) is 19.8 Å². The number of benzene rings is 2. The van der Waals surface area contributed by atoms with Crippen LogP contribution >= 0.6 is 0 Å². The van der Waals surface area contributed by atoms with Crippen LogP contribution in [-0.4, -0.2) is 35.8 Å². The Labute approximate surface area is 171 Å². The molecular weight excluding hydrogens is 366 g/mol. The summed E-state index contributed by atoms with van der Waals surface area (Å²) in [6.45, 7) is 8.10. The molecule has 152 valence electrons. The molecule has 1 aliphatic rings. The Kier molecular flexibility index (Phi) is 5.73. The van der Waals surface area contributed by atoms with Crippen molar-refractivity contribution in [3.8, 4) is 0 Å². The Morgan fingerprint density at radius 1 is 1.03 bits per heavy atom. The van der Waals surface area contributed by atoms with Crippen LogP contribution in [0.3, 0.4) is 0 Å². The average Bonchev–Trinajstić information content (AvgIpc) is 2.95. The van der Waals surface area contributed by atoms with Crippen LogP contribution in [0.4, 0.5) is 4.79 Å². The van der Waals surface area contributed by atoms with Gasteiger partial charge in [0.1, 0.15) is 6.54 Å². The fourth-order valence-electron chi connectivity index (χ4n) is 3.46. The molecule has 3 rings (SSSR count). The summed E-state index contributed by atoms with van der Waals surface area (Å²) in [5.74, 6) is -0.524. The summed E-state index contributed by atoms with van der Waals surface area (Å²) in [5, 5.41) is 5.63. The Hall–Kier alpha value is -3.15. The number of nitrogens with zero attached hydrogens (tertiary/aromatic N) is 1. The van der Waals surface area contributed by atoms with Crippen molar-refractivity contribution < 1.29 is 14.4 Å². The number of aryl methyl sites for hydroxylation is 2. The molecule has 1 aliphatic heterocycles. The predicted octanol–water partition coefficient (Wildman–Crippen LogP) is 2.87. The smallest absolute Gasteiger partial charge is 0.326 e. The maximum atomic E-state index is 13.6. The molecule has 4 amide bonds. The zero-order valence-electron chi connectivity index (χ0n) is 17.3. The maximum Gasteiger partial charge on any atom is 0.326 e. The standard InChI is InChI=1S/C23H27N3O3/c1-15(2)13-24-20(27)14-26-21(28)23(25-22(26)29,18-8-6-5-7-9-18)19-11-10-16(3)17(4)12-19/h5-12,15H,13-14H2,1-4H3,(H,24,27)(H,25,29)/t23-/m0/s1. The fourth-order valence-corrected chi connectivity index (χ4v) is 3.46. The highest BCUT2D eigenvalue weighted by Crippen LogP contribution is 2.36. The van der Waals surface area contributed by atoms with Crippen LogP contribution < -0.4 is 10.6 Å². The number of carbonyl (C=O) groups is 3. The van der Waals surface area contributed by atoms with Crippen LogP contribution in [0.1, 0.15) is 36.1 Å². The average molecular weight is 393 g/mol. The van der Waals surface area contributed by atoms with Gasteiger partial charge in [0.15, 0.2) is 5.54 Å². The monoisotopic (exact) mass is 393 g/mol. The highest BCUT2D eigenvalue weighted by atomic mass is 16.2. The van der Waals surface area contributed by atoms with E-state index in [9.17, 15) is 14.4 Å². The summed E-state index contributed by atoms with van der Waals surface area (Å²) in [6.07, 6.45) is 0. The topological polar surface area (TPSA) is 78.5 Å². The molecule has 0 spiro atoms. The molecule has 1 atom stereocenters. The molecule has 2 aromatic carbocycles. The van der Waals surface area contributed by atoms with E-state index in [0.717, 1.165) is 16.0 Å². The van der Waals surface area contributed by atoms with Crippen LogP contribution in [0.25, 0.3) is 0 Å². The van der Waals surface area contributed by atoms with E-state index in [-0.39, 0.29) is 18.4 Å². The van der Waals surface area contributed by atoms with Gasteiger partial charge in [-0.15, -0.1) is 0 Å². The van der Waals surface area contributed by atoms with Crippen molar-refractivity contribution in [2.75, 3.05) is 13.1 Å². The van der Waals surface area contributed by atoms with Crippen molar-refractivity contribution in [3.05, 3.63) is 70.8 Å². The lowest BCUT2D eigenvalue weighted by Gasteiger charge is -2.28. The molecule has 1 heterocycles. The van der Waals surface area contributed by atoms with Crippen LogP contribution in [0.5, 0.6) is 0 Å². The summed E-state index contributed by atoms with van der Waals surface area (Å²) in [4.78, 5) is 39.6. The van der Waals surface area contributed by atoms with Crippen molar-refractivity contribution in [2.24, 2.45) is 5.92 Å². The van der Waals surface area contributed by atoms with Gasteiger partial charge in [-0.05, 0) is 42.0 Å². The third kappa shape index (κ3) is 3.88. The number of imide groups is 1. The minimum Gasteiger partial charge on any atom is -0.354 e. The second kappa shape index (κ2) is 8.07. The molecular formula is C23H27N3O3. The lowest BCUT2D eigenvalue weighted by Crippen LogP contribution is -2.46. The third-order valence-corrected chi connectivity index (χ3v) is 5.26. The van der Waals surface area contributed by atoms with E-state index in [0.29, 0.717) is 17.7 Å². The number of nitrogens with one attached hydrogen (secondary N) is 2. The van der Waals surface area contributed by atoms with Crippen LogP contribution in [0.2, 0.25) is 0 Å². The van der Waals surface area contributed by atoms with E-state index in [4.69, 9.17) is 0 Å². The summed E-state index contributed by atoms with van der Waals surface area (Å²) < 4.78 is 0. The van der Waals surface area contributed by atoms with E-state index in [1.54, 1.807) is 0 Å². The molecule has 0 unspecified atom stereocenters. The molecule has 0 bridgehead atoms. The molecule has 0 radical (unpaired) electrons. The first-order valence-corrected chi connectivity index (χ1v) is 9.79. The molecule has 2 aromatic rings. The molecule has 2 N–H and O–H groups in total.